The maximum absolute atomic E-state index is 10.9. The van der Waals surface area contributed by atoms with Crippen molar-refractivity contribution in [3.8, 4) is 0 Å². The van der Waals surface area contributed by atoms with Crippen LogP contribution in [-0.4, -0.2) is 82.6 Å². The number of hydrogen-bond donors (Lipinski definition) is 10. The average Bonchev–Trinajstić information content (AvgIpc) is 3.04. The van der Waals surface area contributed by atoms with Gasteiger partial charge in [-0.2, -0.15) is 18.9 Å². The molecule has 0 saturated carbocycles. The SMILES string of the molecule is O.O.O.O.O.O.O=P(O)(O)[C@H](O)c1cccc[n+]1[O-].O=P(O)(O)[C@H](O)c1cccc[n+]1[O-].O=P([O-])(O)[C@H](O)c1cccc[n+]1[O-].O=P([O-])(O)[C@H](O)c1cccc[n+]1[O-].[Er].[OH3+].[OH3+]. The van der Waals surface area contributed by atoms with Gasteiger partial charge >= 0.3 is 15.2 Å². The van der Waals surface area contributed by atoms with Crippen LogP contribution in [0.5, 0.6) is 0 Å². The molecule has 0 saturated heterocycles. The standard InChI is InChI=1S/4C6H8NO5P.Er.8H2O/c4*8-6(13(10,11)12)5-3-1-2-4-7(5)9;;;;;;;;;/h4*1-4,6,8H,(H2,10,11,12);;8*1H2/t4*6-;;;;;;;;;/m0000........./s1. The van der Waals surface area contributed by atoms with Crippen LogP contribution in [0.4, 0.5) is 0 Å². The monoisotopic (exact) mass is 1130 g/mol. The molecule has 4 aromatic heterocycles. The largest absolute Gasteiger partial charge is 0.776 e. The molecule has 0 radical (unpaired) electrons. The Bertz CT molecular complexity index is 1690. The summed E-state index contributed by atoms with van der Waals surface area (Å²) >= 11 is 0. The van der Waals surface area contributed by atoms with Gasteiger partial charge in [0.15, 0.2) is 40.0 Å². The molecule has 37 heteroatoms. The van der Waals surface area contributed by atoms with E-state index in [2.05, 4.69) is 0 Å². The fraction of sp³-hybridized carbons (Fsp3) is 0.167. The second kappa shape index (κ2) is 33.7. The molecular formula is C24H48ErN4O28P4. The van der Waals surface area contributed by atoms with E-state index in [9.17, 15) is 48.9 Å². The zero-order chi connectivity index (χ0) is 40.2. The fourth-order valence-corrected chi connectivity index (χ4v) is 5.40. The normalized spacial score (nSPS) is 13.6. The molecule has 32 nitrogen and oxygen atoms in total. The molecule has 28 N–H and O–H groups in total. The van der Waals surface area contributed by atoms with E-state index in [1.165, 1.54) is 48.5 Å². The van der Waals surface area contributed by atoms with Gasteiger partial charge in [0.2, 0.25) is 46.2 Å². The molecule has 0 aliphatic rings. The zero-order valence-electron chi connectivity index (χ0n) is 30.1. The molecule has 0 aliphatic carbocycles. The van der Waals surface area contributed by atoms with Gasteiger partial charge in [0, 0.05) is 85.8 Å². The predicted molar refractivity (Wildman–Crippen MR) is 197 cm³/mol. The minimum atomic E-state index is -4.92. The quantitative estimate of drug-likeness (QED) is 0.0339. The van der Waals surface area contributed by atoms with Gasteiger partial charge in [-0.25, -0.2) is 0 Å². The maximum atomic E-state index is 10.9. The molecule has 4 aromatic rings. The molecule has 6 atom stereocenters. The number of aliphatic hydroxyl groups is 4. The third kappa shape index (κ3) is 26.4. The van der Waals surface area contributed by atoms with Crippen molar-refractivity contribution in [2.75, 3.05) is 0 Å². The summed E-state index contributed by atoms with van der Waals surface area (Å²) in [4.78, 5) is 72.1. The number of aromatic nitrogens is 4. The topological polar surface area (TPSA) is 679 Å². The summed E-state index contributed by atoms with van der Waals surface area (Å²) in [5.74, 6) is -8.48. The second-order valence-electron chi connectivity index (χ2n) is 9.61. The molecule has 0 fully saturated rings. The molecule has 0 aliphatic heterocycles. The molecule has 0 spiro atoms. The van der Waals surface area contributed by atoms with E-state index in [1.54, 1.807) is 0 Å². The van der Waals surface area contributed by atoms with Crippen molar-refractivity contribution < 1.29 is 178 Å². The van der Waals surface area contributed by atoms with Gasteiger partial charge in [0.05, 0.1) is 0 Å². The Morgan fingerprint density at radius 3 is 0.689 bits per heavy atom. The number of pyridine rings is 4. The fourth-order valence-electron chi connectivity index (χ4n) is 3.24. The van der Waals surface area contributed by atoms with Crippen molar-refractivity contribution >= 4 is 30.4 Å². The van der Waals surface area contributed by atoms with Crippen molar-refractivity contribution in [1.29, 1.82) is 0 Å². The molecule has 364 valence electrons. The first-order valence-electron chi connectivity index (χ1n) is 13.3. The molecule has 4 rings (SSSR count). The molecule has 4 heterocycles. The Balaban J connectivity index is -0.0000000805. The summed E-state index contributed by atoms with van der Waals surface area (Å²) in [5, 5.41) is 79.7. The third-order valence-electron chi connectivity index (χ3n) is 5.73. The van der Waals surface area contributed by atoms with E-state index in [-0.39, 0.29) is 111 Å². The average molecular weight is 1130 g/mol. The molecular weight excluding hydrogens is 1080 g/mol. The van der Waals surface area contributed by atoms with Crippen LogP contribution in [0, 0.1) is 58.1 Å². The molecule has 0 bridgehead atoms. The van der Waals surface area contributed by atoms with Crippen LogP contribution in [-0.2, 0) is 29.2 Å². The van der Waals surface area contributed by atoms with Crippen molar-refractivity contribution in [3.63, 3.8) is 0 Å². The van der Waals surface area contributed by atoms with Gasteiger partial charge in [0.1, 0.15) is 0 Å². The first kappa shape index (κ1) is 78.6. The Kier molecular flexibility index (Phi) is 43.4. The minimum absolute atomic E-state index is 0. The predicted octanol–water partition coefficient (Wildman–Crippen LogP) is -10.1. The van der Waals surface area contributed by atoms with Crippen LogP contribution in [0.3, 0.4) is 0 Å². The summed E-state index contributed by atoms with van der Waals surface area (Å²) in [6.07, 6.45) is 4.14. The second-order valence-corrected chi connectivity index (χ2v) is 16.2. The molecule has 0 amide bonds. The molecule has 0 aromatic carbocycles. The van der Waals surface area contributed by atoms with Crippen LogP contribution < -0.4 is 28.7 Å². The summed E-state index contributed by atoms with van der Waals surface area (Å²) in [6.45, 7) is 0. The number of nitrogens with zero attached hydrogens (tertiary/aromatic N) is 4. The molecule has 61 heavy (non-hydrogen) atoms. The Morgan fingerprint density at radius 1 is 0.393 bits per heavy atom. The third-order valence-corrected chi connectivity index (χ3v) is 9.30. The summed E-state index contributed by atoms with van der Waals surface area (Å²) in [6, 6.07) is 15.6. The van der Waals surface area contributed by atoms with Crippen LogP contribution in [0.1, 0.15) is 46.2 Å². The Labute approximate surface area is 371 Å². The van der Waals surface area contributed by atoms with E-state index in [0.29, 0.717) is 0 Å². The summed E-state index contributed by atoms with van der Waals surface area (Å²) in [7, 11) is -19.2. The van der Waals surface area contributed by atoms with Crippen LogP contribution in [0.25, 0.3) is 0 Å². The first-order valence-corrected chi connectivity index (χ1v) is 20.0. The molecule has 2 unspecified atom stereocenters. The van der Waals surface area contributed by atoms with Crippen molar-refractivity contribution in [2.45, 2.75) is 23.4 Å². The smallest absolute Gasteiger partial charge is 0.364 e. The van der Waals surface area contributed by atoms with E-state index in [1.807, 2.05) is 0 Å². The van der Waals surface area contributed by atoms with E-state index >= 15 is 0 Å². The van der Waals surface area contributed by atoms with Gasteiger partial charge in [-0.05, 0) is 24.3 Å². The summed E-state index contributed by atoms with van der Waals surface area (Å²) < 4.78 is 42.9. The Morgan fingerprint density at radius 2 is 0.557 bits per heavy atom. The first-order chi connectivity index (χ1) is 23.7. The number of rotatable bonds is 8. The van der Waals surface area contributed by atoms with Crippen molar-refractivity contribution in [1.82, 2.24) is 0 Å². The number of hydrogen-bond acceptors (Lipinski definition) is 14. The van der Waals surface area contributed by atoms with Gasteiger partial charge in [0.25, 0.3) is 0 Å². The van der Waals surface area contributed by atoms with E-state index < -0.39 is 65.2 Å². The van der Waals surface area contributed by atoms with Gasteiger partial charge in [-0.3, -0.25) is 9.13 Å². The minimum Gasteiger partial charge on any atom is -0.776 e. The zero-order valence-corrected chi connectivity index (χ0v) is 35.6. The Hall–Kier alpha value is -2.83. The van der Waals surface area contributed by atoms with E-state index in [0.717, 1.165) is 49.1 Å². The van der Waals surface area contributed by atoms with Crippen molar-refractivity contribution in [3.05, 3.63) is 141 Å². The van der Waals surface area contributed by atoms with Crippen LogP contribution in [0.15, 0.2) is 97.6 Å². The van der Waals surface area contributed by atoms with Crippen LogP contribution in [0.2, 0.25) is 0 Å². The van der Waals surface area contributed by atoms with Crippen LogP contribution >= 0.6 is 30.4 Å². The van der Waals surface area contributed by atoms with E-state index in [4.69, 9.17) is 49.8 Å². The summed E-state index contributed by atoms with van der Waals surface area (Å²) in [5.41, 5.74) is -1.58. The number of aliphatic hydroxyl groups excluding tert-OH is 4. The van der Waals surface area contributed by atoms with Gasteiger partial charge < -0.3 is 133 Å². The maximum Gasteiger partial charge on any atom is 0.364 e. The van der Waals surface area contributed by atoms with Gasteiger partial charge in [-0.1, -0.05) is 0 Å². The van der Waals surface area contributed by atoms with Crippen molar-refractivity contribution in [2.24, 2.45) is 0 Å². The van der Waals surface area contributed by atoms with Gasteiger partial charge in [-0.15, -0.1) is 0 Å².